The van der Waals surface area contributed by atoms with E-state index in [0.29, 0.717) is 22.8 Å². The number of carbonyl (C=O) groups excluding carboxylic acids is 1. The highest BCUT2D eigenvalue weighted by atomic mass is 16.5. The van der Waals surface area contributed by atoms with E-state index in [1.165, 1.54) is 38.5 Å². The van der Waals surface area contributed by atoms with E-state index in [-0.39, 0.29) is 23.6 Å². The normalized spacial score (nSPS) is 46.3. The number of hydrogen-bond donors (Lipinski definition) is 1. The second kappa shape index (κ2) is 7.11. The van der Waals surface area contributed by atoms with Gasteiger partial charge in [-0.05, 0) is 104 Å². The summed E-state index contributed by atoms with van der Waals surface area (Å²) in [4.78, 5) is 12.5. The van der Waals surface area contributed by atoms with E-state index in [1.807, 2.05) is 30.3 Å². The highest BCUT2D eigenvalue weighted by Crippen LogP contribution is 2.66. The first-order valence-electron chi connectivity index (χ1n) is 11.9. The van der Waals surface area contributed by atoms with Crippen LogP contribution in [0.3, 0.4) is 0 Å². The molecule has 1 unspecified atom stereocenters. The molecule has 1 aromatic rings. The zero-order chi connectivity index (χ0) is 20.2. The van der Waals surface area contributed by atoms with Crippen molar-refractivity contribution in [3.8, 4) is 0 Å². The Morgan fingerprint density at radius 1 is 0.931 bits per heavy atom. The Kier molecular flexibility index (Phi) is 4.81. The van der Waals surface area contributed by atoms with Crippen molar-refractivity contribution in [2.24, 2.45) is 34.5 Å². The van der Waals surface area contributed by atoms with Crippen LogP contribution in [0.1, 0.15) is 82.0 Å². The van der Waals surface area contributed by atoms with Crippen LogP contribution in [0, 0.1) is 34.5 Å². The Balaban J connectivity index is 1.28. The van der Waals surface area contributed by atoms with E-state index in [9.17, 15) is 9.90 Å². The topological polar surface area (TPSA) is 46.5 Å². The molecule has 0 spiro atoms. The number of hydrogen-bond acceptors (Lipinski definition) is 3. The molecule has 0 radical (unpaired) electrons. The second-order valence-electron chi connectivity index (χ2n) is 11.0. The van der Waals surface area contributed by atoms with Crippen LogP contribution in [0.4, 0.5) is 0 Å². The van der Waals surface area contributed by atoms with Gasteiger partial charge in [-0.3, -0.25) is 0 Å². The largest absolute Gasteiger partial charge is 0.459 e. The van der Waals surface area contributed by atoms with Crippen LogP contribution in [0.25, 0.3) is 0 Å². The summed E-state index contributed by atoms with van der Waals surface area (Å²) in [6.45, 7) is 4.90. The molecule has 158 valence electrons. The zero-order valence-corrected chi connectivity index (χ0v) is 18.0. The maximum absolute atomic E-state index is 12.5. The molecule has 5 rings (SSSR count). The van der Waals surface area contributed by atoms with Crippen LogP contribution < -0.4 is 0 Å². The third-order valence-corrected chi connectivity index (χ3v) is 9.85. The average molecular weight is 397 g/mol. The van der Waals surface area contributed by atoms with Gasteiger partial charge in [-0.2, -0.15) is 0 Å². The molecule has 4 aliphatic carbocycles. The molecule has 8 atom stereocenters. The number of ether oxygens (including phenoxy) is 1. The van der Waals surface area contributed by atoms with Crippen LogP contribution in [0.2, 0.25) is 0 Å². The predicted octanol–water partition coefficient (Wildman–Crippen LogP) is 5.62. The van der Waals surface area contributed by atoms with Crippen LogP contribution in [0.15, 0.2) is 30.3 Å². The number of rotatable bonds is 2. The molecule has 4 fully saturated rings. The van der Waals surface area contributed by atoms with Gasteiger partial charge in [0.2, 0.25) is 0 Å². The molecule has 0 amide bonds. The average Bonchev–Trinajstić information content (AvgIpc) is 3.03. The Labute approximate surface area is 175 Å². The Bertz CT molecular complexity index is 760. The molecule has 0 bridgehead atoms. The summed E-state index contributed by atoms with van der Waals surface area (Å²) >= 11 is 0. The third-order valence-electron chi connectivity index (χ3n) is 9.85. The molecular formula is C26H36O3. The zero-order valence-electron chi connectivity index (χ0n) is 18.0. The fourth-order valence-corrected chi connectivity index (χ4v) is 8.09. The molecule has 29 heavy (non-hydrogen) atoms. The number of aliphatic hydroxyl groups excluding tert-OH is 1. The first-order chi connectivity index (χ1) is 13.9. The highest BCUT2D eigenvalue weighted by molar-refractivity contribution is 5.89. The number of carbonyl (C=O) groups is 1. The van der Waals surface area contributed by atoms with Gasteiger partial charge in [-0.1, -0.05) is 32.0 Å². The van der Waals surface area contributed by atoms with Gasteiger partial charge < -0.3 is 9.84 Å². The minimum Gasteiger partial charge on any atom is -0.459 e. The van der Waals surface area contributed by atoms with Crippen molar-refractivity contribution in [2.75, 3.05) is 0 Å². The quantitative estimate of drug-likeness (QED) is 0.660. The van der Waals surface area contributed by atoms with Gasteiger partial charge in [0.25, 0.3) is 0 Å². The van der Waals surface area contributed by atoms with Gasteiger partial charge in [-0.15, -0.1) is 0 Å². The molecule has 4 saturated carbocycles. The van der Waals surface area contributed by atoms with E-state index in [2.05, 4.69) is 13.8 Å². The number of aliphatic hydroxyl groups is 1. The summed E-state index contributed by atoms with van der Waals surface area (Å²) in [5, 5.41) is 10.6. The van der Waals surface area contributed by atoms with Crippen molar-refractivity contribution in [1.82, 2.24) is 0 Å². The van der Waals surface area contributed by atoms with E-state index in [0.717, 1.165) is 31.1 Å². The fraction of sp³-hybridized carbons (Fsp3) is 0.731. The molecule has 1 aromatic carbocycles. The minimum atomic E-state index is -0.165. The number of fused-ring (bicyclic) bond motifs is 5. The lowest BCUT2D eigenvalue weighted by molar-refractivity contribution is -0.134. The molecule has 3 heteroatoms. The molecule has 3 nitrogen and oxygen atoms in total. The second-order valence-corrected chi connectivity index (χ2v) is 11.0. The van der Waals surface area contributed by atoms with Crippen molar-refractivity contribution >= 4 is 5.97 Å². The van der Waals surface area contributed by atoms with Gasteiger partial charge in [0.15, 0.2) is 0 Å². The van der Waals surface area contributed by atoms with Crippen molar-refractivity contribution in [2.45, 2.75) is 83.8 Å². The molecule has 0 heterocycles. The van der Waals surface area contributed by atoms with E-state index >= 15 is 0 Å². The summed E-state index contributed by atoms with van der Waals surface area (Å²) < 4.78 is 5.93. The van der Waals surface area contributed by atoms with Crippen molar-refractivity contribution in [3.63, 3.8) is 0 Å². The number of esters is 1. The van der Waals surface area contributed by atoms with Gasteiger partial charge in [0.1, 0.15) is 6.10 Å². The van der Waals surface area contributed by atoms with Crippen LogP contribution in [-0.2, 0) is 4.74 Å². The van der Waals surface area contributed by atoms with E-state index in [4.69, 9.17) is 4.74 Å². The lowest BCUT2D eigenvalue weighted by atomic mass is 9.45. The minimum absolute atomic E-state index is 0.0690. The maximum atomic E-state index is 12.5. The Hall–Kier alpha value is -1.35. The SMILES string of the molecule is C[C@]12CC[C@H]3[C@@H](CCC4C[C@@H](OC(=O)c5ccccc5)CC[C@@]43C)[C@@H]1CC[C@@H]2O. The third kappa shape index (κ3) is 3.07. The maximum Gasteiger partial charge on any atom is 0.338 e. The van der Waals surface area contributed by atoms with E-state index < -0.39 is 0 Å². The standard InChI is InChI=1S/C26H36O3/c1-25-14-12-19(29-24(28)17-6-4-3-5-7-17)16-18(25)8-9-20-21-10-11-23(27)26(21,2)15-13-22(20)25/h3-7,18-23,27H,8-16H2,1-2H3/t18?,19-,20-,21-,22-,23-,25-,26-/m0/s1. The molecule has 0 saturated heterocycles. The lowest BCUT2D eigenvalue weighted by Gasteiger charge is -2.60. The van der Waals surface area contributed by atoms with Gasteiger partial charge in [-0.25, -0.2) is 4.79 Å². The van der Waals surface area contributed by atoms with Gasteiger partial charge in [0.05, 0.1) is 11.7 Å². The van der Waals surface area contributed by atoms with Crippen molar-refractivity contribution < 1.29 is 14.6 Å². The smallest absolute Gasteiger partial charge is 0.338 e. The Morgan fingerprint density at radius 3 is 2.45 bits per heavy atom. The molecule has 0 aromatic heterocycles. The van der Waals surface area contributed by atoms with Gasteiger partial charge in [0, 0.05) is 0 Å². The van der Waals surface area contributed by atoms with Crippen LogP contribution >= 0.6 is 0 Å². The molecule has 4 aliphatic rings. The molecular weight excluding hydrogens is 360 g/mol. The molecule has 0 aliphatic heterocycles. The van der Waals surface area contributed by atoms with Gasteiger partial charge >= 0.3 is 5.97 Å². The van der Waals surface area contributed by atoms with E-state index in [1.54, 1.807) is 0 Å². The monoisotopic (exact) mass is 396 g/mol. The van der Waals surface area contributed by atoms with Crippen LogP contribution in [-0.4, -0.2) is 23.3 Å². The Morgan fingerprint density at radius 2 is 1.66 bits per heavy atom. The van der Waals surface area contributed by atoms with Crippen molar-refractivity contribution in [1.29, 1.82) is 0 Å². The lowest BCUT2D eigenvalue weighted by Crippen LogP contribution is -2.54. The summed E-state index contributed by atoms with van der Waals surface area (Å²) in [5.74, 6) is 2.79. The fourth-order valence-electron chi connectivity index (χ4n) is 8.09. The summed E-state index contributed by atoms with van der Waals surface area (Å²) in [6.07, 6.45) is 10.4. The summed E-state index contributed by atoms with van der Waals surface area (Å²) in [7, 11) is 0. The highest BCUT2D eigenvalue weighted by Gasteiger charge is 2.60. The molecule has 1 N–H and O–H groups in total. The summed E-state index contributed by atoms with van der Waals surface area (Å²) in [6, 6.07) is 9.41. The van der Waals surface area contributed by atoms with Crippen LogP contribution in [0.5, 0.6) is 0 Å². The predicted molar refractivity (Wildman–Crippen MR) is 113 cm³/mol. The first kappa shape index (κ1) is 19.6. The first-order valence-corrected chi connectivity index (χ1v) is 11.9. The van der Waals surface area contributed by atoms with Crippen molar-refractivity contribution in [3.05, 3.63) is 35.9 Å². The number of benzene rings is 1. The summed E-state index contributed by atoms with van der Waals surface area (Å²) in [5.41, 5.74) is 1.20.